The SMILES string of the molecule is O=C(NCc1ccsc1)C(=O)NC1CCCC1. The number of carbonyl (C=O) groups excluding carboxylic acids is 2. The molecule has 1 aromatic rings. The van der Waals surface area contributed by atoms with Crippen LogP contribution < -0.4 is 10.6 Å². The first kappa shape index (κ1) is 12.1. The van der Waals surface area contributed by atoms with Gasteiger partial charge in [0.1, 0.15) is 0 Å². The van der Waals surface area contributed by atoms with Crippen molar-refractivity contribution >= 4 is 23.2 Å². The van der Waals surface area contributed by atoms with Crippen molar-refractivity contribution in [1.29, 1.82) is 0 Å². The predicted octanol–water partition coefficient (Wildman–Crippen LogP) is 1.42. The van der Waals surface area contributed by atoms with E-state index in [9.17, 15) is 9.59 Å². The fraction of sp³-hybridized carbons (Fsp3) is 0.500. The largest absolute Gasteiger partial charge is 0.345 e. The van der Waals surface area contributed by atoms with Crippen molar-refractivity contribution in [1.82, 2.24) is 10.6 Å². The lowest BCUT2D eigenvalue weighted by Gasteiger charge is -2.11. The summed E-state index contributed by atoms with van der Waals surface area (Å²) in [5.74, 6) is -1.05. The Bertz CT molecular complexity index is 383. The van der Waals surface area contributed by atoms with Crippen molar-refractivity contribution in [2.75, 3.05) is 0 Å². The van der Waals surface area contributed by atoms with Crippen molar-refractivity contribution in [3.63, 3.8) is 0 Å². The number of hydrogen-bond donors (Lipinski definition) is 2. The smallest absolute Gasteiger partial charge is 0.309 e. The number of rotatable bonds is 3. The van der Waals surface area contributed by atoms with Crippen LogP contribution in [0.5, 0.6) is 0 Å². The summed E-state index contributed by atoms with van der Waals surface area (Å²) in [6, 6.07) is 2.12. The molecule has 0 saturated heterocycles. The van der Waals surface area contributed by atoms with Crippen LogP contribution in [0.1, 0.15) is 31.2 Å². The lowest BCUT2D eigenvalue weighted by molar-refractivity contribution is -0.139. The van der Waals surface area contributed by atoms with E-state index in [2.05, 4.69) is 10.6 Å². The Morgan fingerprint density at radius 1 is 1.29 bits per heavy atom. The molecule has 1 aliphatic carbocycles. The third-order valence-electron chi connectivity index (χ3n) is 2.93. The lowest BCUT2D eigenvalue weighted by atomic mass is 10.2. The first-order valence-corrected chi connectivity index (χ1v) is 6.80. The molecular formula is C12H16N2O2S. The summed E-state index contributed by atoms with van der Waals surface area (Å²) in [4.78, 5) is 23.0. The average Bonchev–Trinajstić information content (AvgIpc) is 2.98. The van der Waals surface area contributed by atoms with Gasteiger partial charge in [-0.1, -0.05) is 12.8 Å². The molecule has 2 rings (SSSR count). The molecule has 1 aliphatic rings. The molecule has 0 atom stereocenters. The average molecular weight is 252 g/mol. The van der Waals surface area contributed by atoms with E-state index in [1.165, 1.54) is 0 Å². The zero-order valence-electron chi connectivity index (χ0n) is 9.57. The highest BCUT2D eigenvalue weighted by atomic mass is 32.1. The monoisotopic (exact) mass is 252 g/mol. The summed E-state index contributed by atoms with van der Waals surface area (Å²) < 4.78 is 0. The Labute approximate surface area is 104 Å². The van der Waals surface area contributed by atoms with E-state index in [-0.39, 0.29) is 6.04 Å². The van der Waals surface area contributed by atoms with Crippen LogP contribution in [0.3, 0.4) is 0 Å². The van der Waals surface area contributed by atoms with Crippen LogP contribution in [0.4, 0.5) is 0 Å². The molecule has 1 fully saturated rings. The van der Waals surface area contributed by atoms with Gasteiger partial charge < -0.3 is 10.6 Å². The second kappa shape index (κ2) is 5.82. The maximum absolute atomic E-state index is 11.5. The second-order valence-electron chi connectivity index (χ2n) is 4.27. The fourth-order valence-electron chi connectivity index (χ4n) is 1.98. The van der Waals surface area contributed by atoms with Gasteiger partial charge >= 0.3 is 11.8 Å². The molecule has 0 bridgehead atoms. The highest BCUT2D eigenvalue weighted by Gasteiger charge is 2.20. The molecule has 1 heterocycles. The van der Waals surface area contributed by atoms with Gasteiger partial charge in [-0.15, -0.1) is 0 Å². The van der Waals surface area contributed by atoms with Gasteiger partial charge in [0, 0.05) is 12.6 Å². The molecule has 2 amide bonds. The second-order valence-corrected chi connectivity index (χ2v) is 5.05. The Morgan fingerprint density at radius 2 is 2.06 bits per heavy atom. The molecule has 0 spiro atoms. The summed E-state index contributed by atoms with van der Waals surface area (Å²) in [6.07, 6.45) is 4.26. The van der Waals surface area contributed by atoms with E-state index in [0.717, 1.165) is 31.2 Å². The fourth-order valence-corrected chi connectivity index (χ4v) is 2.65. The van der Waals surface area contributed by atoms with Crippen molar-refractivity contribution in [2.24, 2.45) is 0 Å². The number of hydrogen-bond acceptors (Lipinski definition) is 3. The maximum Gasteiger partial charge on any atom is 0.309 e. The van der Waals surface area contributed by atoms with E-state index in [1.807, 2.05) is 16.8 Å². The molecule has 0 radical (unpaired) electrons. The van der Waals surface area contributed by atoms with Crippen LogP contribution in [0, 0.1) is 0 Å². The Balaban J connectivity index is 1.73. The highest BCUT2D eigenvalue weighted by molar-refractivity contribution is 7.07. The van der Waals surface area contributed by atoms with Crippen LogP contribution in [0.25, 0.3) is 0 Å². The lowest BCUT2D eigenvalue weighted by Crippen LogP contribution is -2.43. The van der Waals surface area contributed by atoms with Gasteiger partial charge in [0.2, 0.25) is 0 Å². The number of thiophene rings is 1. The summed E-state index contributed by atoms with van der Waals surface area (Å²) in [5, 5.41) is 9.27. The van der Waals surface area contributed by atoms with Crippen LogP contribution in [0.15, 0.2) is 16.8 Å². The Morgan fingerprint density at radius 3 is 2.71 bits per heavy atom. The van der Waals surface area contributed by atoms with Crippen LogP contribution >= 0.6 is 11.3 Å². The maximum atomic E-state index is 11.5. The van der Waals surface area contributed by atoms with Gasteiger partial charge in [0.05, 0.1) is 0 Å². The molecular weight excluding hydrogens is 236 g/mol. The predicted molar refractivity (Wildman–Crippen MR) is 66.6 cm³/mol. The number of carbonyl (C=O) groups is 2. The zero-order valence-corrected chi connectivity index (χ0v) is 10.4. The Hall–Kier alpha value is -1.36. The van der Waals surface area contributed by atoms with E-state index >= 15 is 0 Å². The molecule has 0 aromatic carbocycles. The number of amides is 2. The van der Waals surface area contributed by atoms with Crippen molar-refractivity contribution in [3.8, 4) is 0 Å². The third-order valence-corrected chi connectivity index (χ3v) is 3.66. The van der Waals surface area contributed by atoms with Gasteiger partial charge in [0.25, 0.3) is 0 Å². The summed E-state index contributed by atoms with van der Waals surface area (Å²) in [6.45, 7) is 0.417. The highest BCUT2D eigenvalue weighted by Crippen LogP contribution is 2.17. The topological polar surface area (TPSA) is 58.2 Å². The third kappa shape index (κ3) is 3.56. The van der Waals surface area contributed by atoms with Crippen molar-refractivity contribution in [3.05, 3.63) is 22.4 Å². The molecule has 2 N–H and O–H groups in total. The minimum absolute atomic E-state index is 0.189. The Kier molecular flexibility index (Phi) is 4.14. The van der Waals surface area contributed by atoms with Gasteiger partial charge in [-0.05, 0) is 35.2 Å². The molecule has 1 saturated carbocycles. The molecule has 92 valence electrons. The van der Waals surface area contributed by atoms with E-state index in [1.54, 1.807) is 11.3 Å². The van der Waals surface area contributed by atoms with Gasteiger partial charge in [0.15, 0.2) is 0 Å². The quantitative estimate of drug-likeness (QED) is 0.799. The van der Waals surface area contributed by atoms with Crippen molar-refractivity contribution < 1.29 is 9.59 Å². The molecule has 4 nitrogen and oxygen atoms in total. The minimum Gasteiger partial charge on any atom is -0.345 e. The first-order valence-electron chi connectivity index (χ1n) is 5.85. The number of nitrogens with one attached hydrogen (secondary N) is 2. The van der Waals surface area contributed by atoms with E-state index in [0.29, 0.717) is 6.54 Å². The normalized spacial score (nSPS) is 15.8. The summed E-state index contributed by atoms with van der Waals surface area (Å²) >= 11 is 1.57. The summed E-state index contributed by atoms with van der Waals surface area (Å²) in [7, 11) is 0. The van der Waals surface area contributed by atoms with Crippen LogP contribution in [-0.4, -0.2) is 17.9 Å². The van der Waals surface area contributed by atoms with Gasteiger partial charge in [-0.25, -0.2) is 0 Å². The zero-order chi connectivity index (χ0) is 12.1. The van der Waals surface area contributed by atoms with Crippen LogP contribution in [-0.2, 0) is 16.1 Å². The minimum atomic E-state index is -0.539. The van der Waals surface area contributed by atoms with E-state index in [4.69, 9.17) is 0 Å². The molecule has 0 aliphatic heterocycles. The first-order chi connectivity index (χ1) is 8.25. The van der Waals surface area contributed by atoms with Gasteiger partial charge in [-0.2, -0.15) is 11.3 Å². The standard InChI is InChI=1S/C12H16N2O2S/c15-11(13-7-9-5-6-17-8-9)12(16)14-10-3-1-2-4-10/h5-6,8,10H,1-4,7H2,(H,13,15)(H,14,16). The molecule has 5 heteroatoms. The molecule has 0 unspecified atom stereocenters. The molecule has 1 aromatic heterocycles. The van der Waals surface area contributed by atoms with E-state index < -0.39 is 11.8 Å². The van der Waals surface area contributed by atoms with Crippen LogP contribution in [0.2, 0.25) is 0 Å². The molecule has 17 heavy (non-hydrogen) atoms. The van der Waals surface area contributed by atoms with Crippen molar-refractivity contribution in [2.45, 2.75) is 38.3 Å². The van der Waals surface area contributed by atoms with Gasteiger partial charge in [-0.3, -0.25) is 9.59 Å². The summed E-state index contributed by atoms with van der Waals surface area (Å²) in [5.41, 5.74) is 1.03.